The standard InChI is InChI=1S/C15H15N5OS/c1-6-8(5-16-20-6)12-4-10-13(22-12)15(21)19-14(18-10)11-3-7-2-9(7)17-11/h4-5,7,9,11,17H,2-3H2,1H3,(H,16,20)(H,18,19,21)/t7-,9-,11-/m0/s1. The van der Waals surface area contributed by atoms with Gasteiger partial charge < -0.3 is 10.3 Å². The van der Waals surface area contributed by atoms with Gasteiger partial charge in [0.25, 0.3) is 5.56 Å². The molecule has 0 amide bonds. The van der Waals surface area contributed by atoms with E-state index in [0.717, 1.165) is 39.8 Å². The smallest absolute Gasteiger partial charge is 0.268 e. The predicted molar refractivity (Wildman–Crippen MR) is 84.9 cm³/mol. The first kappa shape index (κ1) is 12.5. The number of H-pyrrole nitrogens is 2. The van der Waals surface area contributed by atoms with E-state index >= 15 is 0 Å². The maximum atomic E-state index is 12.4. The monoisotopic (exact) mass is 313 g/mol. The summed E-state index contributed by atoms with van der Waals surface area (Å²) in [6, 6.07) is 2.82. The largest absolute Gasteiger partial charge is 0.308 e. The molecule has 1 aliphatic heterocycles. The number of nitrogens with one attached hydrogen (secondary N) is 3. The third kappa shape index (κ3) is 1.79. The first-order valence-electron chi connectivity index (χ1n) is 7.49. The minimum Gasteiger partial charge on any atom is -0.308 e. The third-order valence-electron chi connectivity index (χ3n) is 4.70. The fraction of sp³-hybridized carbons (Fsp3) is 0.400. The number of rotatable bonds is 2. The van der Waals surface area contributed by atoms with Crippen LogP contribution in [0.15, 0.2) is 17.1 Å². The lowest BCUT2D eigenvalue weighted by atomic mass is 10.1. The van der Waals surface area contributed by atoms with Crippen LogP contribution in [-0.4, -0.2) is 26.2 Å². The fourth-order valence-corrected chi connectivity index (χ4v) is 4.45. The molecule has 0 spiro atoms. The Balaban J connectivity index is 1.61. The molecule has 1 aliphatic carbocycles. The molecule has 0 unspecified atom stereocenters. The zero-order chi connectivity index (χ0) is 14.8. The number of nitrogens with zero attached hydrogens (tertiary/aromatic N) is 2. The van der Waals surface area contributed by atoms with E-state index in [-0.39, 0.29) is 11.6 Å². The van der Waals surface area contributed by atoms with Gasteiger partial charge in [-0.2, -0.15) is 5.10 Å². The molecule has 4 heterocycles. The Morgan fingerprint density at radius 1 is 1.36 bits per heavy atom. The Morgan fingerprint density at radius 2 is 2.27 bits per heavy atom. The van der Waals surface area contributed by atoms with E-state index in [1.807, 2.05) is 13.0 Å². The van der Waals surface area contributed by atoms with E-state index < -0.39 is 0 Å². The second-order valence-electron chi connectivity index (χ2n) is 6.24. The summed E-state index contributed by atoms with van der Waals surface area (Å²) < 4.78 is 0.683. The summed E-state index contributed by atoms with van der Waals surface area (Å²) in [5.41, 5.74) is 2.77. The summed E-state index contributed by atoms with van der Waals surface area (Å²) in [5, 5.41) is 10.5. The maximum Gasteiger partial charge on any atom is 0.268 e. The Bertz CT molecular complexity index is 929. The van der Waals surface area contributed by atoms with Crippen molar-refractivity contribution in [1.29, 1.82) is 0 Å². The summed E-state index contributed by atoms with van der Waals surface area (Å²) >= 11 is 1.47. The normalized spacial score (nSPS) is 26.5. The van der Waals surface area contributed by atoms with Crippen LogP contribution in [0.5, 0.6) is 0 Å². The van der Waals surface area contributed by atoms with Gasteiger partial charge in [0.05, 0.1) is 17.8 Å². The summed E-state index contributed by atoms with van der Waals surface area (Å²) in [6.07, 6.45) is 4.14. The van der Waals surface area contributed by atoms with Crippen molar-refractivity contribution >= 4 is 21.6 Å². The van der Waals surface area contributed by atoms with E-state index in [1.54, 1.807) is 6.20 Å². The van der Waals surface area contributed by atoms with Crippen molar-refractivity contribution in [3.8, 4) is 10.4 Å². The zero-order valence-corrected chi connectivity index (χ0v) is 12.8. The number of hydrogen-bond donors (Lipinski definition) is 3. The van der Waals surface area contributed by atoms with Gasteiger partial charge in [0.1, 0.15) is 10.5 Å². The molecule has 3 N–H and O–H groups in total. The van der Waals surface area contributed by atoms with Crippen molar-refractivity contribution in [3.05, 3.63) is 34.1 Å². The van der Waals surface area contributed by atoms with E-state index in [0.29, 0.717) is 10.7 Å². The SMILES string of the molecule is Cc1[nH]ncc1-c1cc2nc([C@@H]3C[C@@H]4C[C@@H]4N3)[nH]c(=O)c2s1. The van der Waals surface area contributed by atoms with Crippen molar-refractivity contribution in [2.75, 3.05) is 0 Å². The number of piperidine rings is 1. The van der Waals surface area contributed by atoms with Gasteiger partial charge in [0.15, 0.2) is 0 Å². The lowest BCUT2D eigenvalue weighted by molar-refractivity contribution is 0.539. The molecular weight excluding hydrogens is 298 g/mol. The van der Waals surface area contributed by atoms with Crippen molar-refractivity contribution in [2.24, 2.45) is 5.92 Å². The zero-order valence-electron chi connectivity index (χ0n) is 12.0. The highest BCUT2D eigenvalue weighted by Gasteiger charge is 2.46. The summed E-state index contributed by atoms with van der Waals surface area (Å²) in [5.74, 6) is 1.55. The van der Waals surface area contributed by atoms with E-state index in [2.05, 4.69) is 20.5 Å². The quantitative estimate of drug-likeness (QED) is 0.676. The van der Waals surface area contributed by atoms with Crippen molar-refractivity contribution in [1.82, 2.24) is 25.5 Å². The molecule has 0 bridgehead atoms. The highest BCUT2D eigenvalue weighted by atomic mass is 32.1. The van der Waals surface area contributed by atoms with Crippen molar-refractivity contribution in [2.45, 2.75) is 31.8 Å². The van der Waals surface area contributed by atoms with Gasteiger partial charge in [-0.05, 0) is 31.7 Å². The highest BCUT2D eigenvalue weighted by Crippen LogP contribution is 2.45. The Labute approximate surface area is 130 Å². The topological polar surface area (TPSA) is 86.5 Å². The van der Waals surface area contributed by atoms with Crippen molar-refractivity contribution < 1.29 is 0 Å². The van der Waals surface area contributed by atoms with Crippen LogP contribution in [0.3, 0.4) is 0 Å². The number of aromatic amines is 2. The summed E-state index contributed by atoms with van der Waals surface area (Å²) in [6.45, 7) is 1.98. The summed E-state index contributed by atoms with van der Waals surface area (Å²) in [7, 11) is 0. The van der Waals surface area contributed by atoms with Gasteiger partial charge in [0.2, 0.25) is 0 Å². The molecule has 112 valence electrons. The number of aromatic nitrogens is 4. The maximum absolute atomic E-state index is 12.4. The molecule has 0 radical (unpaired) electrons. The lowest BCUT2D eigenvalue weighted by Crippen LogP contribution is -2.23. The van der Waals surface area contributed by atoms with Gasteiger partial charge in [0, 0.05) is 22.2 Å². The molecule has 0 aromatic carbocycles. The van der Waals surface area contributed by atoms with Crippen LogP contribution in [0.25, 0.3) is 20.7 Å². The minimum atomic E-state index is -0.0419. The Kier molecular flexibility index (Phi) is 2.43. The molecule has 6 nitrogen and oxygen atoms in total. The molecule has 2 fully saturated rings. The fourth-order valence-electron chi connectivity index (χ4n) is 3.39. The van der Waals surface area contributed by atoms with E-state index in [9.17, 15) is 4.79 Å². The molecule has 3 aromatic heterocycles. The molecule has 1 saturated carbocycles. The molecule has 3 atom stereocenters. The second kappa shape index (κ2) is 4.27. The number of fused-ring (bicyclic) bond motifs is 2. The number of aryl methyl sites for hydroxylation is 1. The molecule has 22 heavy (non-hydrogen) atoms. The van der Waals surface area contributed by atoms with E-state index in [4.69, 9.17) is 4.98 Å². The van der Waals surface area contributed by atoms with Crippen LogP contribution >= 0.6 is 11.3 Å². The molecule has 2 aliphatic rings. The van der Waals surface area contributed by atoms with Crippen LogP contribution in [-0.2, 0) is 0 Å². The van der Waals surface area contributed by atoms with Crippen molar-refractivity contribution in [3.63, 3.8) is 0 Å². The first-order chi connectivity index (χ1) is 10.7. The first-order valence-corrected chi connectivity index (χ1v) is 8.31. The molecule has 7 heteroatoms. The van der Waals surface area contributed by atoms with Crippen LogP contribution in [0, 0.1) is 12.8 Å². The molecule has 1 saturated heterocycles. The number of hydrogen-bond acceptors (Lipinski definition) is 5. The Hall–Kier alpha value is -1.99. The second-order valence-corrected chi connectivity index (χ2v) is 7.29. The Morgan fingerprint density at radius 3 is 3.00 bits per heavy atom. The summed E-state index contributed by atoms with van der Waals surface area (Å²) in [4.78, 5) is 21.1. The minimum absolute atomic E-state index is 0.0419. The van der Waals surface area contributed by atoms with Crippen LogP contribution in [0.2, 0.25) is 0 Å². The molecule has 5 rings (SSSR count). The lowest BCUT2D eigenvalue weighted by Gasteiger charge is -2.11. The van der Waals surface area contributed by atoms with Crippen LogP contribution < -0.4 is 10.9 Å². The van der Waals surface area contributed by atoms with Gasteiger partial charge in [-0.15, -0.1) is 11.3 Å². The molecular formula is C15H15N5OS. The molecule has 3 aromatic rings. The predicted octanol–water partition coefficient (Wildman–Crippen LogP) is 2.11. The average molecular weight is 313 g/mol. The van der Waals surface area contributed by atoms with Gasteiger partial charge in [-0.1, -0.05) is 0 Å². The van der Waals surface area contributed by atoms with Gasteiger partial charge in [-0.25, -0.2) is 4.98 Å². The number of thiophene rings is 1. The van der Waals surface area contributed by atoms with Crippen LogP contribution in [0.4, 0.5) is 0 Å². The van der Waals surface area contributed by atoms with Gasteiger partial charge in [-0.3, -0.25) is 9.89 Å². The van der Waals surface area contributed by atoms with Gasteiger partial charge >= 0.3 is 0 Å². The van der Waals surface area contributed by atoms with Crippen LogP contribution in [0.1, 0.15) is 30.4 Å². The highest BCUT2D eigenvalue weighted by molar-refractivity contribution is 7.22. The third-order valence-corrected chi connectivity index (χ3v) is 5.86. The average Bonchev–Trinajstić information content (AvgIpc) is 2.89. The van der Waals surface area contributed by atoms with E-state index in [1.165, 1.54) is 17.8 Å².